The molecular weight excluding hydrogens is 1420 g/mol. The average Bonchev–Trinajstić information content (AvgIpc) is 0.769. The zero-order valence-electron chi connectivity index (χ0n) is 56.3. The molecule has 0 aromatic heterocycles. The molecule has 8 aliphatic heterocycles. The Kier molecular flexibility index (Phi) is 30.9. The molecule has 8 rings (SSSR count). The zero-order chi connectivity index (χ0) is 76.8. The van der Waals surface area contributed by atoms with Crippen LogP contribution in [-0.4, -0.2) is 435 Å². The van der Waals surface area contributed by atoms with Gasteiger partial charge in [-0.2, -0.15) is 0 Å². The van der Waals surface area contributed by atoms with Crippen LogP contribution in [0.15, 0.2) is 0 Å². The lowest BCUT2D eigenvalue weighted by molar-refractivity contribution is -0.398. The molecular formula is C58H97N5O41. The normalized spacial score (nSPS) is 47.2. The summed E-state index contributed by atoms with van der Waals surface area (Å²) < 4.78 is 89.9. The second kappa shape index (κ2) is 37.5. The molecule has 0 aliphatic carbocycles. The number of ether oxygens (including phenoxy) is 15. The van der Waals surface area contributed by atoms with Gasteiger partial charge in [-0.25, -0.2) is 0 Å². The van der Waals surface area contributed by atoms with Gasteiger partial charge < -0.3 is 205 Å². The van der Waals surface area contributed by atoms with Gasteiger partial charge in [-0.15, -0.1) is 0 Å². The highest BCUT2D eigenvalue weighted by Gasteiger charge is 2.60. The van der Waals surface area contributed by atoms with Crippen molar-refractivity contribution in [2.75, 3.05) is 52.9 Å². The van der Waals surface area contributed by atoms with Crippen LogP contribution in [0.2, 0.25) is 0 Å². The monoisotopic (exact) mass is 1520 g/mol. The topological polar surface area (TPSA) is 709 Å². The second-order valence-corrected chi connectivity index (χ2v) is 26.1. The van der Waals surface area contributed by atoms with E-state index in [0.717, 1.165) is 34.6 Å². The highest BCUT2D eigenvalue weighted by atomic mass is 16.8. The highest BCUT2D eigenvalue weighted by molar-refractivity contribution is 5.75. The van der Waals surface area contributed by atoms with Crippen LogP contribution in [0.3, 0.4) is 0 Å². The Morgan fingerprint density at radius 1 is 0.250 bits per heavy atom. The van der Waals surface area contributed by atoms with Crippen LogP contribution in [0.5, 0.6) is 0 Å². The molecule has 0 aromatic rings. The van der Waals surface area contributed by atoms with E-state index in [1.54, 1.807) is 0 Å². The molecule has 40 atom stereocenters. The summed E-state index contributed by atoms with van der Waals surface area (Å²) >= 11 is 0. The summed E-state index contributed by atoms with van der Waals surface area (Å²) in [6.45, 7) is -3.74. The third-order valence-electron chi connectivity index (χ3n) is 18.7. The predicted molar refractivity (Wildman–Crippen MR) is 322 cm³/mol. The smallest absolute Gasteiger partial charge is 0.217 e. The summed E-state index contributed by atoms with van der Waals surface area (Å²) in [6, 6.07) is -8.85. The molecule has 5 amide bonds. The molecule has 104 heavy (non-hydrogen) atoms. The summed E-state index contributed by atoms with van der Waals surface area (Å²) in [4.78, 5) is 62.7. The van der Waals surface area contributed by atoms with Gasteiger partial charge in [0.2, 0.25) is 29.5 Å². The fourth-order valence-corrected chi connectivity index (χ4v) is 13.4. The molecule has 0 saturated carbocycles. The Morgan fingerprint density at radius 3 is 0.904 bits per heavy atom. The largest absolute Gasteiger partial charge is 0.394 e. The highest BCUT2D eigenvalue weighted by Crippen LogP contribution is 2.39. The van der Waals surface area contributed by atoms with Crippen LogP contribution < -0.4 is 26.6 Å². The van der Waals surface area contributed by atoms with Crippen LogP contribution in [-0.2, 0) is 95.0 Å². The lowest BCUT2D eigenvalue weighted by Crippen LogP contribution is -2.71. The fraction of sp³-hybridized carbons (Fsp3) is 0.914. The lowest BCUT2D eigenvalue weighted by atomic mass is 9.93. The number of nitrogens with one attached hydrogen (secondary N) is 5. The standard InChI is InChI=1S/C58H97N5O41/c1-14(71)59-27-40(84)45(23(10-68)91-51(27)89)99-55-31(63-18(5)75)41(85)46(24(11-69)96-55)101-56-44(88)48(102-58-49(42(86)35(79)22(9-67)95-58)103-53-29(61-16(3)73)38(82)33(77)20(7-65)93-53)36(80)26(98-56)13-90-57-50(104-54-30(62-17(4)74)39(83)34(78)21(8-66)94-54)43(87)47(25(12-70)97-57)100-52-28(60-15(2)72)37(81)32(76)19(6-64)92-52/h19-58,64-70,76-89H,6-13H2,1-5H3,(H,59,71)(H,60,72)(H,61,73)(H,62,74)(H,63,75)/t19-,20-,21-,22-,23-,24-,25-,26-,27-,28-,29-,30-,31-,32-,33-,34-,35-,36-,37-,38-,39-,40-,41-,42+,43+,44+,45-,46-,47-,48+,49+,50+,51?,52+,53+,54+,55+,56+,57+,58-/m1/s1. The van der Waals surface area contributed by atoms with Crippen molar-refractivity contribution in [2.45, 2.75) is 280 Å². The Morgan fingerprint density at radius 2 is 0.519 bits per heavy atom. The van der Waals surface area contributed by atoms with E-state index in [4.69, 9.17) is 71.1 Å². The van der Waals surface area contributed by atoms with Crippen molar-refractivity contribution in [2.24, 2.45) is 0 Å². The third kappa shape index (κ3) is 19.2. The molecule has 8 saturated heterocycles. The van der Waals surface area contributed by atoms with Gasteiger partial charge >= 0.3 is 0 Å². The van der Waals surface area contributed by atoms with E-state index in [2.05, 4.69) is 26.6 Å². The van der Waals surface area contributed by atoms with Crippen LogP contribution in [0.4, 0.5) is 0 Å². The van der Waals surface area contributed by atoms with Gasteiger partial charge in [0.15, 0.2) is 50.3 Å². The number of carbonyl (C=O) groups is 5. The van der Waals surface area contributed by atoms with E-state index in [-0.39, 0.29) is 0 Å². The molecule has 0 spiro atoms. The Hall–Kier alpha value is -4.09. The molecule has 1 unspecified atom stereocenters. The first kappa shape index (κ1) is 85.5. The Balaban J connectivity index is 1.18. The van der Waals surface area contributed by atoms with Crippen molar-refractivity contribution in [1.82, 2.24) is 26.6 Å². The van der Waals surface area contributed by atoms with Crippen LogP contribution in [0.1, 0.15) is 34.6 Å². The number of aliphatic hydroxyl groups excluding tert-OH is 21. The van der Waals surface area contributed by atoms with E-state index in [1.165, 1.54) is 0 Å². The maximum Gasteiger partial charge on any atom is 0.217 e. The number of rotatable bonds is 27. The maximum absolute atomic E-state index is 13.0. The molecule has 600 valence electrons. The van der Waals surface area contributed by atoms with E-state index in [9.17, 15) is 131 Å². The number of hydrogen-bond donors (Lipinski definition) is 26. The first-order chi connectivity index (χ1) is 49.2. The molecule has 0 radical (unpaired) electrons. The van der Waals surface area contributed by atoms with Gasteiger partial charge in [0, 0.05) is 34.6 Å². The second-order valence-electron chi connectivity index (χ2n) is 26.1. The first-order valence-electron chi connectivity index (χ1n) is 33.1. The third-order valence-corrected chi connectivity index (χ3v) is 18.7. The van der Waals surface area contributed by atoms with E-state index in [1.807, 2.05) is 0 Å². The summed E-state index contributed by atoms with van der Waals surface area (Å²) in [5.74, 6) is -4.28. The van der Waals surface area contributed by atoms with Gasteiger partial charge in [-0.3, -0.25) is 24.0 Å². The summed E-state index contributed by atoms with van der Waals surface area (Å²) in [7, 11) is 0. The Labute approximate surface area is 589 Å². The number of carbonyl (C=O) groups excluding carboxylic acids is 5. The summed E-state index contributed by atoms with van der Waals surface area (Å²) in [5.41, 5.74) is 0. The fourth-order valence-electron chi connectivity index (χ4n) is 13.4. The van der Waals surface area contributed by atoms with Crippen molar-refractivity contribution in [1.29, 1.82) is 0 Å². The van der Waals surface area contributed by atoms with Crippen molar-refractivity contribution in [3.63, 3.8) is 0 Å². The molecule has 8 heterocycles. The minimum absolute atomic E-state index is 0.775. The minimum Gasteiger partial charge on any atom is -0.394 e. The number of amides is 5. The molecule has 8 aliphatic rings. The van der Waals surface area contributed by atoms with Gasteiger partial charge in [-0.05, 0) is 0 Å². The van der Waals surface area contributed by atoms with Gasteiger partial charge in [0.25, 0.3) is 0 Å². The molecule has 26 N–H and O–H groups in total. The molecule has 0 bridgehead atoms. The lowest BCUT2D eigenvalue weighted by Gasteiger charge is -2.51. The molecule has 46 heteroatoms. The van der Waals surface area contributed by atoms with Gasteiger partial charge in [0.05, 0.1) is 52.9 Å². The molecule has 0 aromatic carbocycles. The molecule has 8 fully saturated rings. The van der Waals surface area contributed by atoms with Crippen molar-refractivity contribution in [3.8, 4) is 0 Å². The Bertz CT molecular complexity index is 2770. The maximum atomic E-state index is 13.0. The van der Waals surface area contributed by atoms with Crippen molar-refractivity contribution < 1.29 is 202 Å². The summed E-state index contributed by atoms with van der Waals surface area (Å²) in [6.07, 6.45) is -72.0. The number of hydrogen-bond acceptors (Lipinski definition) is 41. The predicted octanol–water partition coefficient (Wildman–Crippen LogP) is -17.7. The van der Waals surface area contributed by atoms with E-state index < -0.39 is 328 Å². The SMILES string of the molecule is CC(=O)N[C@H]1[C@H](O[C@H]2[C@H](O)[C@@H](NC(C)=O)C(O)O[C@@H]2CO)O[C@H](CO)[C@@H](O[C@@H]2O[C@H](CO[C@H]3O[C@H](CO)[C@@H](O[C@@H]4O[C@H](CO)[C@@H](O)[C@H](O)[C@H]4NC(C)=O)[C@H](O)[C@@H]3O[C@@H]3O[C@H](CO)[C@@H](O)[C@H](O)[C@H]3NC(C)=O)[C@@H](O)[C@H](O[C@H]3O[C@H](CO)[C@@H](O)[C@H](O)[C@@H]3O[C@@H]3O[C@H](CO)[C@@H](O)[C@H](O)[C@H]3NC(C)=O)[C@@H]2O)[C@@H]1O. The number of aliphatic hydroxyl groups is 21. The summed E-state index contributed by atoms with van der Waals surface area (Å²) in [5, 5.41) is 246. The quantitative estimate of drug-likeness (QED) is 0.0363. The van der Waals surface area contributed by atoms with E-state index in [0.29, 0.717) is 0 Å². The average molecular weight is 1520 g/mol. The van der Waals surface area contributed by atoms with Gasteiger partial charge in [-0.1, -0.05) is 0 Å². The van der Waals surface area contributed by atoms with Crippen LogP contribution in [0.25, 0.3) is 0 Å². The zero-order valence-corrected chi connectivity index (χ0v) is 56.3. The van der Waals surface area contributed by atoms with Crippen LogP contribution in [0, 0.1) is 0 Å². The van der Waals surface area contributed by atoms with Gasteiger partial charge in [0.1, 0.15) is 195 Å². The minimum atomic E-state index is -2.53. The van der Waals surface area contributed by atoms with Crippen molar-refractivity contribution in [3.05, 3.63) is 0 Å². The van der Waals surface area contributed by atoms with E-state index >= 15 is 0 Å². The molecule has 46 nitrogen and oxygen atoms in total. The van der Waals surface area contributed by atoms with Crippen LogP contribution >= 0.6 is 0 Å². The first-order valence-corrected chi connectivity index (χ1v) is 33.1. The van der Waals surface area contributed by atoms with Crippen molar-refractivity contribution >= 4 is 29.5 Å².